The quantitative estimate of drug-likeness (QED) is 0.831. The molecule has 0 amide bonds. The fourth-order valence-electron chi connectivity index (χ4n) is 1.83. The molecule has 0 aromatic carbocycles. The van der Waals surface area contributed by atoms with Crippen LogP contribution in [0.1, 0.15) is 32.5 Å². The van der Waals surface area contributed by atoms with E-state index in [1.165, 1.54) is 0 Å². The zero-order chi connectivity index (χ0) is 15.3. The molecule has 6 nitrogen and oxygen atoms in total. The fraction of sp³-hybridized carbons (Fsp3) is 0.818. The van der Waals surface area contributed by atoms with Gasteiger partial charge in [0.1, 0.15) is 0 Å². The van der Waals surface area contributed by atoms with E-state index in [9.17, 15) is 18.0 Å². The first-order valence-corrected chi connectivity index (χ1v) is 6.23. The van der Waals surface area contributed by atoms with Gasteiger partial charge in [-0.2, -0.15) is 13.2 Å². The van der Waals surface area contributed by atoms with E-state index in [1.54, 1.807) is 0 Å². The summed E-state index contributed by atoms with van der Waals surface area (Å²) in [4.78, 5) is 11.1. The first-order valence-electron chi connectivity index (χ1n) is 6.23. The smallest absolute Gasteiger partial charge is 0.389 e. The number of halogens is 3. The van der Waals surface area contributed by atoms with Crippen LogP contribution in [0.3, 0.4) is 0 Å². The van der Waals surface area contributed by atoms with Gasteiger partial charge < -0.3 is 5.11 Å². The molecule has 0 saturated heterocycles. The number of rotatable bonds is 7. The lowest BCUT2D eigenvalue weighted by Crippen LogP contribution is -2.24. The Hall–Kier alpha value is -1.67. The van der Waals surface area contributed by atoms with Crippen molar-refractivity contribution in [3.63, 3.8) is 0 Å². The van der Waals surface area contributed by atoms with Gasteiger partial charge in [0.2, 0.25) is 0 Å². The summed E-state index contributed by atoms with van der Waals surface area (Å²) < 4.78 is 37.7. The third-order valence-electron chi connectivity index (χ3n) is 2.74. The van der Waals surface area contributed by atoms with Gasteiger partial charge in [0, 0.05) is 6.42 Å². The van der Waals surface area contributed by atoms with Crippen molar-refractivity contribution in [2.75, 3.05) is 0 Å². The number of hydrogen-bond donors (Lipinski definition) is 1. The maximum absolute atomic E-state index is 12.2. The average molecular weight is 294 g/mol. The maximum atomic E-state index is 12.2. The Balaban J connectivity index is 2.71. The number of nitrogens with zero attached hydrogens (tertiary/aromatic N) is 4. The normalized spacial score (nSPS) is 13.7. The Kier molecular flexibility index (Phi) is 5.46. The second-order valence-corrected chi connectivity index (χ2v) is 5.06. The van der Waals surface area contributed by atoms with E-state index in [0.29, 0.717) is 6.42 Å². The Bertz CT molecular complexity index is 445. The van der Waals surface area contributed by atoms with Gasteiger partial charge in [-0.05, 0) is 22.8 Å². The Morgan fingerprint density at radius 2 is 2.05 bits per heavy atom. The van der Waals surface area contributed by atoms with Crippen LogP contribution in [-0.2, 0) is 17.8 Å². The topological polar surface area (TPSA) is 80.9 Å². The van der Waals surface area contributed by atoms with Crippen LogP contribution in [0.5, 0.6) is 0 Å². The van der Waals surface area contributed by atoms with E-state index in [1.807, 2.05) is 13.8 Å². The molecule has 0 saturated carbocycles. The zero-order valence-corrected chi connectivity index (χ0v) is 11.3. The molecule has 0 bridgehead atoms. The fourth-order valence-corrected chi connectivity index (χ4v) is 1.83. The van der Waals surface area contributed by atoms with Crippen molar-refractivity contribution >= 4 is 5.97 Å². The van der Waals surface area contributed by atoms with Gasteiger partial charge in [0.15, 0.2) is 5.82 Å². The molecule has 1 atom stereocenters. The summed E-state index contributed by atoms with van der Waals surface area (Å²) in [6, 6.07) is 0. The summed E-state index contributed by atoms with van der Waals surface area (Å²) in [5.74, 6) is -1.51. The van der Waals surface area contributed by atoms with E-state index < -0.39 is 24.5 Å². The molecule has 1 N–H and O–H groups in total. The van der Waals surface area contributed by atoms with Gasteiger partial charge in [0.05, 0.1) is 18.9 Å². The number of aryl methyl sites for hydroxylation is 1. The van der Waals surface area contributed by atoms with Crippen LogP contribution < -0.4 is 0 Å². The number of aliphatic carboxylic acids is 1. The van der Waals surface area contributed by atoms with Crippen molar-refractivity contribution in [3.05, 3.63) is 5.82 Å². The summed E-state index contributed by atoms with van der Waals surface area (Å²) in [7, 11) is 0. The molecular weight excluding hydrogens is 277 g/mol. The van der Waals surface area contributed by atoms with Crippen molar-refractivity contribution in [1.82, 2.24) is 20.2 Å². The van der Waals surface area contributed by atoms with Crippen LogP contribution in [0.2, 0.25) is 0 Å². The van der Waals surface area contributed by atoms with Crippen LogP contribution in [-0.4, -0.2) is 37.5 Å². The molecule has 1 heterocycles. The van der Waals surface area contributed by atoms with E-state index in [0.717, 1.165) is 4.68 Å². The van der Waals surface area contributed by atoms with Crippen LogP contribution in [0.15, 0.2) is 0 Å². The molecule has 0 aliphatic heterocycles. The second kappa shape index (κ2) is 6.67. The SMILES string of the molecule is CC(C)CC(Cn1nnnc1CCC(F)(F)F)C(=O)O. The largest absolute Gasteiger partial charge is 0.481 e. The summed E-state index contributed by atoms with van der Waals surface area (Å²) in [6.45, 7) is 3.73. The Morgan fingerprint density at radius 3 is 2.55 bits per heavy atom. The lowest BCUT2D eigenvalue weighted by molar-refractivity contribution is -0.143. The highest BCUT2D eigenvalue weighted by molar-refractivity contribution is 5.69. The van der Waals surface area contributed by atoms with E-state index in [2.05, 4.69) is 15.5 Å². The standard InChI is InChI=1S/C11H17F3N4O2/c1-7(2)5-8(10(19)20)6-18-9(15-16-17-18)3-4-11(12,13)14/h7-8H,3-6H2,1-2H3,(H,19,20). The van der Waals surface area contributed by atoms with Crippen LogP contribution in [0.4, 0.5) is 13.2 Å². The lowest BCUT2D eigenvalue weighted by Gasteiger charge is -2.15. The van der Waals surface area contributed by atoms with Gasteiger partial charge in [-0.25, -0.2) is 4.68 Å². The number of hydrogen-bond acceptors (Lipinski definition) is 4. The molecule has 1 aromatic heterocycles. The third kappa shape index (κ3) is 5.54. The summed E-state index contributed by atoms with van der Waals surface area (Å²) >= 11 is 0. The minimum absolute atomic E-state index is 0.0201. The molecule has 1 rings (SSSR count). The number of carboxylic acid groups (broad SMARTS) is 1. The van der Waals surface area contributed by atoms with E-state index in [4.69, 9.17) is 5.11 Å². The first kappa shape index (κ1) is 16.4. The first-order chi connectivity index (χ1) is 9.19. The minimum atomic E-state index is -4.29. The van der Waals surface area contributed by atoms with Crippen molar-refractivity contribution in [1.29, 1.82) is 0 Å². The van der Waals surface area contributed by atoms with Gasteiger partial charge in [-0.3, -0.25) is 4.79 Å². The Labute approximate surface area is 114 Å². The molecule has 1 aromatic rings. The molecule has 9 heteroatoms. The third-order valence-corrected chi connectivity index (χ3v) is 2.74. The predicted octanol–water partition coefficient (Wildman–Crippen LogP) is 1.91. The van der Waals surface area contributed by atoms with Gasteiger partial charge >= 0.3 is 12.1 Å². The lowest BCUT2D eigenvalue weighted by atomic mass is 9.97. The van der Waals surface area contributed by atoms with Gasteiger partial charge in [-0.1, -0.05) is 13.8 Å². The van der Waals surface area contributed by atoms with Crippen molar-refractivity contribution in [3.8, 4) is 0 Å². The van der Waals surface area contributed by atoms with Crippen LogP contribution in [0, 0.1) is 11.8 Å². The van der Waals surface area contributed by atoms with Crippen molar-refractivity contribution in [2.24, 2.45) is 11.8 Å². The number of carbonyl (C=O) groups is 1. The van der Waals surface area contributed by atoms with Crippen LogP contribution >= 0.6 is 0 Å². The Morgan fingerprint density at radius 1 is 1.40 bits per heavy atom. The number of aromatic nitrogens is 4. The molecule has 20 heavy (non-hydrogen) atoms. The minimum Gasteiger partial charge on any atom is -0.481 e. The monoisotopic (exact) mass is 294 g/mol. The molecule has 0 radical (unpaired) electrons. The van der Waals surface area contributed by atoms with Gasteiger partial charge in [-0.15, -0.1) is 5.10 Å². The average Bonchev–Trinajstić information content (AvgIpc) is 2.71. The number of carboxylic acids is 1. The highest BCUT2D eigenvalue weighted by Gasteiger charge is 2.28. The van der Waals surface area contributed by atoms with Crippen molar-refractivity contribution in [2.45, 2.75) is 45.8 Å². The highest BCUT2D eigenvalue weighted by atomic mass is 19.4. The maximum Gasteiger partial charge on any atom is 0.389 e. The highest BCUT2D eigenvalue weighted by Crippen LogP contribution is 2.22. The molecule has 1 unspecified atom stereocenters. The van der Waals surface area contributed by atoms with E-state index >= 15 is 0 Å². The molecule has 114 valence electrons. The van der Waals surface area contributed by atoms with Crippen LogP contribution in [0.25, 0.3) is 0 Å². The van der Waals surface area contributed by atoms with Crippen molar-refractivity contribution < 1.29 is 23.1 Å². The number of alkyl halides is 3. The summed E-state index contributed by atoms with van der Waals surface area (Å²) in [5, 5.41) is 19.5. The molecule has 0 spiro atoms. The zero-order valence-electron chi connectivity index (χ0n) is 11.3. The predicted molar refractivity (Wildman–Crippen MR) is 62.8 cm³/mol. The molecule has 0 aliphatic rings. The second-order valence-electron chi connectivity index (χ2n) is 5.06. The molecular formula is C11H17F3N4O2. The summed E-state index contributed by atoms with van der Waals surface area (Å²) in [5.41, 5.74) is 0. The number of tetrazole rings is 1. The van der Waals surface area contributed by atoms with E-state index in [-0.39, 0.29) is 24.7 Å². The molecule has 0 fully saturated rings. The molecule has 0 aliphatic carbocycles. The summed E-state index contributed by atoms with van der Waals surface area (Å²) in [6.07, 6.45) is -5.27. The van der Waals surface area contributed by atoms with Gasteiger partial charge in [0.25, 0.3) is 0 Å².